The maximum absolute atomic E-state index is 12.6. The van der Waals surface area contributed by atoms with Gasteiger partial charge >= 0.3 is 6.03 Å². The number of nitrogens with zero attached hydrogens (tertiary/aromatic N) is 2. The monoisotopic (exact) mass is 282 g/mol. The molecule has 1 atom stereocenters. The molecule has 1 unspecified atom stereocenters. The molecule has 1 aromatic rings. The van der Waals surface area contributed by atoms with E-state index in [1.807, 2.05) is 42.5 Å². The van der Waals surface area contributed by atoms with E-state index in [2.05, 4.69) is 0 Å². The number of benzene rings is 1. The molecule has 0 radical (unpaired) electrons. The van der Waals surface area contributed by atoms with Crippen molar-refractivity contribution in [3.8, 4) is 0 Å². The summed E-state index contributed by atoms with van der Waals surface area (Å²) in [5.41, 5.74) is 2.41. The molecule has 2 heterocycles. The highest BCUT2D eigenvalue weighted by atomic mass is 16.2. The average Bonchev–Trinajstić information content (AvgIpc) is 2.51. The Morgan fingerprint density at radius 3 is 2.62 bits per heavy atom. The van der Waals surface area contributed by atoms with Crippen LogP contribution in [0.3, 0.4) is 0 Å². The third-order valence-electron chi connectivity index (χ3n) is 4.05. The molecule has 21 heavy (non-hydrogen) atoms. The minimum absolute atomic E-state index is 0.00903. The van der Waals surface area contributed by atoms with Crippen molar-refractivity contribution >= 4 is 11.8 Å². The number of urea groups is 1. The number of hydrogen-bond acceptors (Lipinski definition) is 2. The van der Waals surface area contributed by atoms with Crippen molar-refractivity contribution < 1.29 is 9.59 Å². The minimum Gasteiger partial charge on any atom is -0.316 e. The lowest BCUT2D eigenvalue weighted by Crippen LogP contribution is -2.49. The van der Waals surface area contributed by atoms with Crippen LogP contribution in [-0.4, -0.2) is 35.2 Å². The van der Waals surface area contributed by atoms with E-state index >= 15 is 0 Å². The average molecular weight is 282 g/mol. The highest BCUT2D eigenvalue weighted by Gasteiger charge is 2.39. The molecule has 2 aliphatic heterocycles. The molecule has 0 aliphatic carbocycles. The third-order valence-corrected chi connectivity index (χ3v) is 4.05. The van der Waals surface area contributed by atoms with Crippen LogP contribution < -0.4 is 0 Å². The number of allylic oxidation sites excluding steroid dienone is 1. The van der Waals surface area contributed by atoms with Gasteiger partial charge in [-0.25, -0.2) is 4.79 Å². The molecule has 108 valence electrons. The topological polar surface area (TPSA) is 40.6 Å². The molecule has 0 N–H and O–H groups in total. The summed E-state index contributed by atoms with van der Waals surface area (Å²) in [6.07, 6.45) is 4.75. The maximum atomic E-state index is 12.6. The van der Waals surface area contributed by atoms with Gasteiger partial charge in [0, 0.05) is 19.2 Å². The van der Waals surface area contributed by atoms with Gasteiger partial charge in [-0.05, 0) is 25.0 Å². The first-order chi connectivity index (χ1) is 10.1. The number of fused-ring (bicyclic) bond motifs is 1. The zero-order valence-electron chi connectivity index (χ0n) is 12.2. The SMILES string of the molecule is CC(=O)C1=C2C=CCCN2C(=O)N(C)C1c1ccccc1. The molecule has 0 saturated heterocycles. The summed E-state index contributed by atoms with van der Waals surface area (Å²) >= 11 is 0. The Balaban J connectivity index is 2.21. The Kier molecular flexibility index (Phi) is 3.37. The van der Waals surface area contributed by atoms with E-state index in [0.29, 0.717) is 12.1 Å². The molecule has 0 saturated carbocycles. The molecule has 1 aromatic carbocycles. The van der Waals surface area contributed by atoms with Crippen LogP contribution in [0.2, 0.25) is 0 Å². The largest absolute Gasteiger partial charge is 0.325 e. The van der Waals surface area contributed by atoms with Crippen LogP contribution in [0, 0.1) is 0 Å². The Morgan fingerprint density at radius 1 is 1.24 bits per heavy atom. The molecule has 0 spiro atoms. The fourth-order valence-electron chi connectivity index (χ4n) is 3.08. The Labute approximate surface area is 124 Å². The summed E-state index contributed by atoms with van der Waals surface area (Å²) in [5, 5.41) is 0. The standard InChI is InChI=1S/C17H18N2O2/c1-12(20)15-14-10-6-7-11-19(14)17(21)18(2)16(15)13-8-4-3-5-9-13/h3-6,8-10,16H,7,11H2,1-2H3. The molecule has 3 rings (SSSR count). The molecular weight excluding hydrogens is 264 g/mol. The Morgan fingerprint density at radius 2 is 1.95 bits per heavy atom. The Bertz CT molecular complexity index is 646. The number of carbonyl (C=O) groups excluding carboxylic acids is 2. The van der Waals surface area contributed by atoms with Crippen LogP contribution in [0.25, 0.3) is 0 Å². The second kappa shape index (κ2) is 5.20. The van der Waals surface area contributed by atoms with Crippen molar-refractivity contribution in [2.24, 2.45) is 0 Å². The van der Waals surface area contributed by atoms with Crippen molar-refractivity contribution in [1.29, 1.82) is 0 Å². The zero-order chi connectivity index (χ0) is 15.0. The number of hydrogen-bond donors (Lipinski definition) is 0. The van der Waals surface area contributed by atoms with Crippen molar-refractivity contribution in [1.82, 2.24) is 9.80 Å². The van der Waals surface area contributed by atoms with Gasteiger partial charge in [0.25, 0.3) is 0 Å². The number of rotatable bonds is 2. The number of likely N-dealkylation sites (N-methyl/N-ethyl adjacent to an activating group) is 1. The molecule has 4 nitrogen and oxygen atoms in total. The fraction of sp³-hybridized carbons (Fsp3) is 0.294. The lowest BCUT2D eigenvalue weighted by molar-refractivity contribution is -0.114. The van der Waals surface area contributed by atoms with Crippen LogP contribution in [0.15, 0.2) is 53.8 Å². The number of ketones is 1. The van der Waals surface area contributed by atoms with E-state index in [9.17, 15) is 9.59 Å². The van der Waals surface area contributed by atoms with Crippen LogP contribution in [0.1, 0.15) is 24.9 Å². The highest BCUT2D eigenvalue weighted by molar-refractivity contribution is 5.99. The van der Waals surface area contributed by atoms with Gasteiger partial charge in [0.1, 0.15) is 0 Å². The molecule has 0 fully saturated rings. The first-order valence-corrected chi connectivity index (χ1v) is 7.12. The van der Waals surface area contributed by atoms with Crippen molar-refractivity contribution in [3.63, 3.8) is 0 Å². The van der Waals surface area contributed by atoms with E-state index in [1.165, 1.54) is 0 Å². The van der Waals surface area contributed by atoms with Gasteiger partial charge in [-0.1, -0.05) is 36.4 Å². The molecule has 2 amide bonds. The third kappa shape index (κ3) is 2.17. The van der Waals surface area contributed by atoms with Gasteiger partial charge in [0.15, 0.2) is 5.78 Å². The molecule has 4 heteroatoms. The molecule has 2 aliphatic rings. The van der Waals surface area contributed by atoms with Gasteiger partial charge in [-0.2, -0.15) is 0 Å². The first kappa shape index (κ1) is 13.6. The van der Waals surface area contributed by atoms with E-state index in [-0.39, 0.29) is 17.9 Å². The summed E-state index contributed by atoms with van der Waals surface area (Å²) in [4.78, 5) is 28.2. The molecule has 0 aromatic heterocycles. The van der Waals surface area contributed by atoms with Gasteiger partial charge in [-0.3, -0.25) is 9.69 Å². The van der Waals surface area contributed by atoms with Crippen molar-refractivity contribution in [2.75, 3.05) is 13.6 Å². The van der Waals surface area contributed by atoms with Crippen LogP contribution >= 0.6 is 0 Å². The highest BCUT2D eigenvalue weighted by Crippen LogP contribution is 2.38. The first-order valence-electron chi connectivity index (χ1n) is 7.12. The van der Waals surface area contributed by atoms with Crippen molar-refractivity contribution in [2.45, 2.75) is 19.4 Å². The van der Waals surface area contributed by atoms with Crippen molar-refractivity contribution in [3.05, 3.63) is 59.3 Å². The summed E-state index contributed by atoms with van der Waals surface area (Å²) in [5.74, 6) is 0.00903. The predicted molar refractivity (Wildman–Crippen MR) is 80.5 cm³/mol. The second-order valence-corrected chi connectivity index (χ2v) is 5.40. The summed E-state index contributed by atoms with van der Waals surface area (Å²) < 4.78 is 0. The smallest absolute Gasteiger partial charge is 0.316 e. The molecular formula is C17H18N2O2. The minimum atomic E-state index is -0.315. The van der Waals surface area contributed by atoms with Gasteiger partial charge in [-0.15, -0.1) is 0 Å². The van der Waals surface area contributed by atoms with Crippen LogP contribution in [-0.2, 0) is 4.79 Å². The predicted octanol–water partition coefficient (Wildman–Crippen LogP) is 2.90. The van der Waals surface area contributed by atoms with Gasteiger partial charge in [0.2, 0.25) is 0 Å². The van der Waals surface area contributed by atoms with E-state index < -0.39 is 0 Å². The normalized spacial score (nSPS) is 21.6. The Hall–Kier alpha value is -2.36. The lowest BCUT2D eigenvalue weighted by atomic mass is 9.90. The lowest BCUT2D eigenvalue weighted by Gasteiger charge is -2.42. The number of amides is 2. The van der Waals surface area contributed by atoms with E-state index in [4.69, 9.17) is 0 Å². The summed E-state index contributed by atoms with van der Waals surface area (Å²) in [6, 6.07) is 9.35. The van der Waals surface area contributed by atoms with Gasteiger partial charge < -0.3 is 4.90 Å². The van der Waals surface area contributed by atoms with Crippen LogP contribution in [0.5, 0.6) is 0 Å². The second-order valence-electron chi connectivity index (χ2n) is 5.40. The number of Topliss-reactive ketones (excluding diaryl/α,β-unsaturated/α-hetero) is 1. The van der Waals surface area contributed by atoms with E-state index in [1.54, 1.807) is 23.8 Å². The van der Waals surface area contributed by atoms with Crippen LogP contribution in [0.4, 0.5) is 4.79 Å². The quantitative estimate of drug-likeness (QED) is 0.837. The van der Waals surface area contributed by atoms with E-state index in [0.717, 1.165) is 17.7 Å². The number of carbonyl (C=O) groups is 2. The summed E-state index contributed by atoms with van der Waals surface area (Å²) in [7, 11) is 1.76. The fourth-order valence-corrected chi connectivity index (χ4v) is 3.08. The summed E-state index contributed by atoms with van der Waals surface area (Å²) in [6.45, 7) is 2.20. The zero-order valence-corrected chi connectivity index (χ0v) is 12.2. The maximum Gasteiger partial charge on any atom is 0.325 e. The van der Waals surface area contributed by atoms with Gasteiger partial charge in [0.05, 0.1) is 11.7 Å². The molecule has 0 bridgehead atoms.